The summed E-state index contributed by atoms with van der Waals surface area (Å²) in [5.41, 5.74) is 5.08. The van der Waals surface area contributed by atoms with Crippen LogP contribution >= 0.6 is 0 Å². The van der Waals surface area contributed by atoms with Crippen LogP contribution in [0.2, 0.25) is 0 Å². The van der Waals surface area contributed by atoms with E-state index in [9.17, 15) is 9.59 Å². The van der Waals surface area contributed by atoms with E-state index in [2.05, 4.69) is 5.10 Å². The summed E-state index contributed by atoms with van der Waals surface area (Å²) in [6.07, 6.45) is 8.89. The van der Waals surface area contributed by atoms with Crippen LogP contribution in [-0.4, -0.2) is 27.6 Å². The van der Waals surface area contributed by atoms with Crippen molar-refractivity contribution < 1.29 is 14.3 Å². The van der Waals surface area contributed by atoms with Crippen molar-refractivity contribution >= 4 is 17.8 Å². The normalized spacial score (nSPS) is 13.9. The number of carbonyl (C=O) groups excluding carboxylic acids is 2. The van der Waals surface area contributed by atoms with Crippen molar-refractivity contribution in [2.24, 2.45) is 0 Å². The van der Waals surface area contributed by atoms with Crippen LogP contribution in [0.25, 0.3) is 6.08 Å². The van der Waals surface area contributed by atoms with Crippen LogP contribution in [0.4, 0.5) is 0 Å². The molecule has 0 bridgehead atoms. The lowest BCUT2D eigenvalue weighted by Gasteiger charge is -2.11. The summed E-state index contributed by atoms with van der Waals surface area (Å²) in [6.45, 7) is 2.27. The lowest BCUT2D eigenvalue weighted by atomic mass is 10.0. The molecular weight excluding hydrogens is 376 g/mol. The molecule has 0 spiro atoms. The van der Waals surface area contributed by atoms with Gasteiger partial charge in [-0.2, -0.15) is 5.10 Å². The molecule has 2 aromatic carbocycles. The molecular formula is C25H24N2O3. The minimum absolute atomic E-state index is 0.179. The van der Waals surface area contributed by atoms with Crippen molar-refractivity contribution in [1.82, 2.24) is 9.78 Å². The number of rotatable bonds is 7. The van der Waals surface area contributed by atoms with Crippen LogP contribution in [0.5, 0.6) is 0 Å². The number of hydrogen-bond acceptors (Lipinski definition) is 4. The predicted molar refractivity (Wildman–Crippen MR) is 115 cm³/mol. The number of carbonyl (C=O) groups is 2. The van der Waals surface area contributed by atoms with E-state index >= 15 is 0 Å². The Hall–Kier alpha value is -3.47. The molecule has 0 aliphatic heterocycles. The molecule has 152 valence electrons. The van der Waals surface area contributed by atoms with E-state index in [1.54, 1.807) is 23.9 Å². The van der Waals surface area contributed by atoms with Crippen molar-refractivity contribution in [1.29, 1.82) is 0 Å². The van der Waals surface area contributed by atoms with Crippen molar-refractivity contribution in [3.05, 3.63) is 94.8 Å². The minimum atomic E-state index is -0.831. The zero-order chi connectivity index (χ0) is 20.9. The third-order valence-corrected chi connectivity index (χ3v) is 5.30. The molecule has 1 heterocycles. The van der Waals surface area contributed by atoms with Gasteiger partial charge in [0.05, 0.1) is 12.7 Å². The highest BCUT2D eigenvalue weighted by Gasteiger charge is 2.20. The second-order valence-corrected chi connectivity index (χ2v) is 7.57. The number of esters is 1. The van der Waals surface area contributed by atoms with Crippen LogP contribution in [0, 0.1) is 0 Å². The molecule has 1 atom stereocenters. The molecule has 0 N–H and O–H groups in total. The van der Waals surface area contributed by atoms with Crippen molar-refractivity contribution in [2.75, 3.05) is 0 Å². The van der Waals surface area contributed by atoms with Gasteiger partial charge in [-0.3, -0.25) is 9.48 Å². The van der Waals surface area contributed by atoms with Crippen LogP contribution in [0.15, 0.2) is 67.0 Å². The average Bonchev–Trinajstić information content (AvgIpc) is 3.41. The lowest BCUT2D eigenvalue weighted by Crippen LogP contribution is -2.23. The highest BCUT2D eigenvalue weighted by atomic mass is 16.5. The molecule has 5 heteroatoms. The fourth-order valence-electron chi connectivity index (χ4n) is 3.71. The third kappa shape index (κ3) is 4.74. The van der Waals surface area contributed by atoms with E-state index < -0.39 is 12.1 Å². The van der Waals surface area contributed by atoms with Gasteiger partial charge in [0.15, 0.2) is 6.10 Å². The van der Waals surface area contributed by atoms with Gasteiger partial charge < -0.3 is 4.74 Å². The summed E-state index contributed by atoms with van der Waals surface area (Å²) in [4.78, 5) is 24.8. The summed E-state index contributed by atoms with van der Waals surface area (Å²) >= 11 is 0. The second-order valence-electron chi connectivity index (χ2n) is 7.57. The maximum Gasteiger partial charge on any atom is 0.331 e. The highest BCUT2D eigenvalue weighted by Crippen LogP contribution is 2.23. The van der Waals surface area contributed by atoms with Crippen molar-refractivity contribution in [3.63, 3.8) is 0 Å². The van der Waals surface area contributed by atoms with E-state index in [1.807, 2.05) is 54.7 Å². The molecule has 0 fully saturated rings. The number of aryl methyl sites for hydroxylation is 2. The lowest BCUT2D eigenvalue weighted by molar-refractivity contribution is -0.140. The predicted octanol–water partition coefficient (Wildman–Crippen LogP) is 4.25. The molecule has 0 radical (unpaired) electrons. The van der Waals surface area contributed by atoms with Gasteiger partial charge in [-0.05, 0) is 55.0 Å². The molecule has 0 saturated heterocycles. The molecule has 3 aromatic rings. The van der Waals surface area contributed by atoms with E-state index in [-0.39, 0.29) is 5.78 Å². The first kappa shape index (κ1) is 19.8. The molecule has 4 rings (SSSR count). The first-order chi connectivity index (χ1) is 14.6. The first-order valence-electron chi connectivity index (χ1n) is 10.2. The number of aromatic nitrogens is 2. The summed E-state index contributed by atoms with van der Waals surface area (Å²) in [7, 11) is 0. The van der Waals surface area contributed by atoms with Crippen LogP contribution in [-0.2, 0) is 28.9 Å². The van der Waals surface area contributed by atoms with Gasteiger partial charge in [-0.25, -0.2) is 4.79 Å². The first-order valence-corrected chi connectivity index (χ1v) is 10.2. The number of hydrogen-bond donors (Lipinski definition) is 0. The zero-order valence-electron chi connectivity index (χ0n) is 17.0. The van der Waals surface area contributed by atoms with Crippen LogP contribution in [0.1, 0.15) is 46.0 Å². The Kier molecular flexibility index (Phi) is 5.89. The Bertz CT molecular complexity index is 1080. The van der Waals surface area contributed by atoms with E-state index in [1.165, 1.54) is 17.2 Å². The Morgan fingerprint density at radius 3 is 2.77 bits per heavy atom. The summed E-state index contributed by atoms with van der Waals surface area (Å²) in [5.74, 6) is -0.727. The molecule has 0 amide bonds. The quantitative estimate of drug-likeness (QED) is 0.338. The zero-order valence-corrected chi connectivity index (χ0v) is 17.0. The topological polar surface area (TPSA) is 61.2 Å². The number of nitrogens with zero attached hydrogens (tertiary/aromatic N) is 2. The highest BCUT2D eigenvalue weighted by molar-refractivity contribution is 6.01. The smallest absolute Gasteiger partial charge is 0.331 e. The second kappa shape index (κ2) is 8.91. The van der Waals surface area contributed by atoms with E-state index in [0.717, 1.165) is 30.4 Å². The Morgan fingerprint density at radius 1 is 1.13 bits per heavy atom. The molecule has 0 saturated carbocycles. The number of Topliss-reactive ketones (excluding diaryl/α,β-unsaturated/α-hetero) is 1. The SMILES string of the molecule is C[C@H](OC(=O)/C=C/c1cnn(Cc2ccccc2)c1)C(=O)c1ccc2c(c1)CCC2. The number of ketones is 1. The summed E-state index contributed by atoms with van der Waals surface area (Å²) in [6, 6.07) is 15.8. The minimum Gasteiger partial charge on any atom is -0.451 e. The van der Waals surface area contributed by atoms with Gasteiger partial charge in [0, 0.05) is 23.4 Å². The monoisotopic (exact) mass is 400 g/mol. The summed E-state index contributed by atoms with van der Waals surface area (Å²) < 4.78 is 7.11. The van der Waals surface area contributed by atoms with Gasteiger partial charge in [-0.15, -0.1) is 0 Å². The van der Waals surface area contributed by atoms with Gasteiger partial charge >= 0.3 is 5.97 Å². The Morgan fingerprint density at radius 2 is 1.93 bits per heavy atom. The van der Waals surface area contributed by atoms with E-state index in [4.69, 9.17) is 4.74 Å². The maximum atomic E-state index is 12.6. The molecule has 0 unspecified atom stereocenters. The Balaban J connectivity index is 1.32. The molecule has 1 aromatic heterocycles. The molecule has 5 nitrogen and oxygen atoms in total. The molecule has 1 aliphatic carbocycles. The molecule has 30 heavy (non-hydrogen) atoms. The van der Waals surface area contributed by atoms with E-state index in [0.29, 0.717) is 12.1 Å². The van der Waals surface area contributed by atoms with Gasteiger partial charge in [0.2, 0.25) is 5.78 Å². The van der Waals surface area contributed by atoms with Gasteiger partial charge in [0.1, 0.15) is 0 Å². The van der Waals surface area contributed by atoms with Crippen LogP contribution in [0.3, 0.4) is 0 Å². The number of fused-ring (bicyclic) bond motifs is 1. The average molecular weight is 400 g/mol. The largest absolute Gasteiger partial charge is 0.451 e. The Labute approximate surface area is 176 Å². The summed E-state index contributed by atoms with van der Waals surface area (Å²) in [5, 5.41) is 4.31. The standard InChI is InChI=1S/C25H24N2O3/c1-18(25(29)23-12-11-21-8-5-9-22(21)14-23)30-24(28)13-10-20-15-26-27(17-20)16-19-6-3-2-4-7-19/h2-4,6-7,10-15,17-18H,5,8-9,16H2,1H3/b13-10+/t18-/m0/s1. The number of benzene rings is 2. The maximum absolute atomic E-state index is 12.6. The van der Waals surface area contributed by atoms with Crippen molar-refractivity contribution in [2.45, 2.75) is 38.8 Å². The number of ether oxygens (including phenoxy) is 1. The van der Waals surface area contributed by atoms with Gasteiger partial charge in [-0.1, -0.05) is 42.5 Å². The fourth-order valence-corrected chi connectivity index (χ4v) is 3.71. The van der Waals surface area contributed by atoms with Gasteiger partial charge in [0.25, 0.3) is 0 Å². The molecule has 1 aliphatic rings. The van der Waals surface area contributed by atoms with Crippen LogP contribution < -0.4 is 0 Å². The third-order valence-electron chi connectivity index (χ3n) is 5.30. The fraction of sp³-hybridized carbons (Fsp3) is 0.240. The van der Waals surface area contributed by atoms with Crippen molar-refractivity contribution in [3.8, 4) is 0 Å².